The average molecular weight is 499 g/mol. The van der Waals surface area contributed by atoms with Crippen molar-refractivity contribution >= 4 is 23.3 Å². The lowest BCUT2D eigenvalue weighted by atomic mass is 10.1. The summed E-state index contributed by atoms with van der Waals surface area (Å²) in [5.41, 5.74) is 3.92. The summed E-state index contributed by atoms with van der Waals surface area (Å²) in [6.45, 7) is 3.15. The van der Waals surface area contributed by atoms with Crippen molar-refractivity contribution in [2.75, 3.05) is 50.5 Å². The number of amides is 2. The summed E-state index contributed by atoms with van der Waals surface area (Å²) >= 11 is 0. The summed E-state index contributed by atoms with van der Waals surface area (Å²) in [4.78, 5) is 32.1. The van der Waals surface area contributed by atoms with E-state index in [2.05, 4.69) is 26.6 Å². The highest BCUT2D eigenvalue weighted by Gasteiger charge is 2.18. The van der Waals surface area contributed by atoms with Crippen LogP contribution in [0, 0.1) is 11.3 Å². The highest BCUT2D eigenvalue weighted by Crippen LogP contribution is 2.17. The van der Waals surface area contributed by atoms with Gasteiger partial charge in [0.15, 0.2) is 0 Å². The summed E-state index contributed by atoms with van der Waals surface area (Å²) < 4.78 is 0. The fourth-order valence-corrected chi connectivity index (χ4v) is 3.82. The largest absolute Gasteiger partial charge is 0.368 e. The molecule has 0 unspecified atom stereocenters. The molecule has 3 aromatic rings. The second kappa shape index (κ2) is 14.4. The number of nitrogens with zero attached hydrogens (tertiary/aromatic N) is 4. The molecule has 0 atom stereocenters. The fraction of sp³-hybridized carbons (Fsp3) is 0.310. The molecule has 1 aliphatic heterocycles. The Morgan fingerprint density at radius 3 is 2.41 bits per heavy atom. The smallest absolute Gasteiger partial charge is 0.229 e. The number of carbonyl (C=O) groups excluding carboxylic acids is 2. The van der Waals surface area contributed by atoms with Crippen LogP contribution < -0.4 is 15.5 Å². The van der Waals surface area contributed by atoms with Crippen molar-refractivity contribution in [3.8, 4) is 6.07 Å². The van der Waals surface area contributed by atoms with E-state index in [1.54, 1.807) is 17.2 Å². The van der Waals surface area contributed by atoms with Crippen LogP contribution >= 0.6 is 0 Å². The molecule has 0 aliphatic carbocycles. The van der Waals surface area contributed by atoms with Crippen molar-refractivity contribution < 1.29 is 9.59 Å². The molecule has 2 aromatic carbocycles. The van der Waals surface area contributed by atoms with Crippen LogP contribution in [0.25, 0.3) is 0 Å². The van der Waals surface area contributed by atoms with Gasteiger partial charge in [0.2, 0.25) is 11.8 Å². The SMILES string of the molecule is CN1CCN(c2ccc(NC(=O)Cc3ccccc3)nc2)CCC1=O.CNCCc1ccc(C#N)cc1. The second-order valence-electron chi connectivity index (χ2n) is 8.83. The fourth-order valence-electron chi connectivity index (χ4n) is 3.82. The molecule has 1 aliphatic rings. The number of anilines is 2. The van der Waals surface area contributed by atoms with Gasteiger partial charge in [-0.25, -0.2) is 4.98 Å². The molecule has 8 nitrogen and oxygen atoms in total. The van der Waals surface area contributed by atoms with Gasteiger partial charge in [-0.1, -0.05) is 42.5 Å². The van der Waals surface area contributed by atoms with E-state index in [9.17, 15) is 9.59 Å². The van der Waals surface area contributed by atoms with Gasteiger partial charge < -0.3 is 20.4 Å². The van der Waals surface area contributed by atoms with E-state index in [0.29, 0.717) is 31.7 Å². The van der Waals surface area contributed by atoms with Crippen LogP contribution in [0.3, 0.4) is 0 Å². The first-order chi connectivity index (χ1) is 18.0. The Balaban J connectivity index is 0.000000266. The average Bonchev–Trinajstić information content (AvgIpc) is 3.09. The molecule has 37 heavy (non-hydrogen) atoms. The molecule has 1 saturated heterocycles. The maximum atomic E-state index is 12.1. The number of likely N-dealkylation sites (N-methyl/N-ethyl adjacent to an activating group) is 2. The highest BCUT2D eigenvalue weighted by atomic mass is 16.2. The van der Waals surface area contributed by atoms with Crippen LogP contribution in [-0.4, -0.2) is 62.0 Å². The van der Waals surface area contributed by atoms with Crippen LogP contribution in [0.15, 0.2) is 72.9 Å². The van der Waals surface area contributed by atoms with Crippen molar-refractivity contribution in [3.05, 3.63) is 89.6 Å². The molecule has 0 saturated carbocycles. The third-order valence-electron chi connectivity index (χ3n) is 6.06. The second-order valence-corrected chi connectivity index (χ2v) is 8.83. The molecule has 192 valence electrons. The van der Waals surface area contributed by atoms with Crippen molar-refractivity contribution in [2.45, 2.75) is 19.3 Å². The molecule has 2 heterocycles. The van der Waals surface area contributed by atoms with E-state index in [1.807, 2.05) is 74.8 Å². The molecule has 0 spiro atoms. The molecular formula is C29H34N6O2. The molecular weight excluding hydrogens is 464 g/mol. The van der Waals surface area contributed by atoms with Crippen LogP contribution in [0.2, 0.25) is 0 Å². The van der Waals surface area contributed by atoms with Crippen molar-refractivity contribution in [1.82, 2.24) is 15.2 Å². The Bertz CT molecular complexity index is 1170. The zero-order valence-electron chi connectivity index (χ0n) is 21.5. The maximum Gasteiger partial charge on any atom is 0.229 e. The first kappa shape index (κ1) is 27.4. The van der Waals surface area contributed by atoms with Crippen molar-refractivity contribution in [3.63, 3.8) is 0 Å². The minimum absolute atomic E-state index is 0.0894. The van der Waals surface area contributed by atoms with Gasteiger partial charge in [-0.2, -0.15) is 5.26 Å². The monoisotopic (exact) mass is 498 g/mol. The summed E-state index contributed by atoms with van der Waals surface area (Å²) in [5, 5.41) is 14.4. The first-order valence-electron chi connectivity index (χ1n) is 12.4. The predicted molar refractivity (Wildman–Crippen MR) is 146 cm³/mol. The topological polar surface area (TPSA) is 101 Å². The Morgan fingerprint density at radius 1 is 1.00 bits per heavy atom. The van der Waals surface area contributed by atoms with E-state index in [0.717, 1.165) is 36.3 Å². The summed E-state index contributed by atoms with van der Waals surface area (Å²) in [5.74, 6) is 0.612. The lowest BCUT2D eigenvalue weighted by molar-refractivity contribution is -0.129. The van der Waals surface area contributed by atoms with Crippen LogP contribution in [0.5, 0.6) is 0 Å². The van der Waals surface area contributed by atoms with E-state index >= 15 is 0 Å². The molecule has 8 heteroatoms. The Kier molecular flexibility index (Phi) is 10.6. The number of nitriles is 1. The minimum Gasteiger partial charge on any atom is -0.368 e. The van der Waals surface area contributed by atoms with Gasteiger partial charge in [-0.15, -0.1) is 0 Å². The van der Waals surface area contributed by atoms with Crippen molar-refractivity contribution in [1.29, 1.82) is 5.26 Å². The normalized spacial score (nSPS) is 13.2. The molecule has 4 rings (SSSR count). The van der Waals surface area contributed by atoms with E-state index in [-0.39, 0.29) is 11.8 Å². The van der Waals surface area contributed by atoms with Gasteiger partial charge in [0, 0.05) is 33.1 Å². The number of nitrogens with one attached hydrogen (secondary N) is 2. The predicted octanol–water partition coefficient (Wildman–Crippen LogP) is 3.25. The molecule has 0 radical (unpaired) electrons. The number of benzene rings is 2. The molecule has 0 bridgehead atoms. The number of pyridine rings is 1. The van der Waals surface area contributed by atoms with E-state index < -0.39 is 0 Å². The number of hydrogen-bond donors (Lipinski definition) is 2. The Labute approximate surface area is 218 Å². The molecule has 2 amide bonds. The van der Waals surface area contributed by atoms with Gasteiger partial charge in [-0.05, 0) is 55.4 Å². The lowest BCUT2D eigenvalue weighted by Crippen LogP contribution is -2.30. The van der Waals surface area contributed by atoms with Crippen molar-refractivity contribution in [2.24, 2.45) is 0 Å². The Morgan fingerprint density at radius 2 is 1.76 bits per heavy atom. The third-order valence-corrected chi connectivity index (χ3v) is 6.06. The summed E-state index contributed by atoms with van der Waals surface area (Å²) in [7, 11) is 3.76. The van der Waals surface area contributed by atoms with Gasteiger partial charge in [0.25, 0.3) is 0 Å². The maximum absolute atomic E-state index is 12.1. The van der Waals surface area contributed by atoms with E-state index in [1.165, 1.54) is 5.56 Å². The molecule has 1 fully saturated rings. The van der Waals surface area contributed by atoms with Gasteiger partial charge in [-0.3, -0.25) is 9.59 Å². The van der Waals surface area contributed by atoms with Crippen LogP contribution in [0.1, 0.15) is 23.1 Å². The number of rotatable bonds is 7. The van der Waals surface area contributed by atoms with Gasteiger partial charge >= 0.3 is 0 Å². The quantitative estimate of drug-likeness (QED) is 0.519. The van der Waals surface area contributed by atoms with E-state index in [4.69, 9.17) is 5.26 Å². The van der Waals surface area contributed by atoms with Gasteiger partial charge in [0.05, 0.1) is 29.9 Å². The number of aromatic nitrogens is 1. The standard InChI is InChI=1S/C19H22N4O2.C10H12N2/c1-22-11-12-23(10-9-19(22)25)16-7-8-17(20-14-16)21-18(24)13-15-5-3-2-4-6-15;1-12-7-6-9-2-4-10(8-11)5-3-9/h2-8,14H,9-13H2,1H3,(H,20,21,24);2-5,12H,6-7H2,1H3. The van der Waals surface area contributed by atoms with Crippen LogP contribution in [-0.2, 0) is 22.4 Å². The first-order valence-corrected chi connectivity index (χ1v) is 12.4. The van der Waals surface area contributed by atoms with Gasteiger partial charge in [0.1, 0.15) is 5.82 Å². The minimum atomic E-state index is -0.0894. The van der Waals surface area contributed by atoms with Crippen LogP contribution in [0.4, 0.5) is 11.5 Å². The Hall–Kier alpha value is -4.22. The number of carbonyl (C=O) groups is 2. The zero-order chi connectivity index (χ0) is 26.5. The lowest BCUT2D eigenvalue weighted by Gasteiger charge is -2.22. The molecule has 2 N–H and O–H groups in total. The number of hydrogen-bond acceptors (Lipinski definition) is 6. The molecule has 1 aromatic heterocycles. The summed E-state index contributed by atoms with van der Waals surface area (Å²) in [6, 6.07) is 23.1. The summed E-state index contributed by atoms with van der Waals surface area (Å²) in [6.07, 6.45) is 3.59. The zero-order valence-corrected chi connectivity index (χ0v) is 21.5. The highest BCUT2D eigenvalue weighted by molar-refractivity contribution is 5.91. The third kappa shape index (κ3) is 9.06.